The number of rotatable bonds is 65. The molecule has 462 valence electrons. The first-order chi connectivity index (χ1) is 39.0. The maximum atomic E-state index is 12.9. The summed E-state index contributed by atoms with van der Waals surface area (Å²) in [5.41, 5.74) is 0. The number of carbonyl (C=O) groups excluding carboxylic acids is 3. The molecule has 0 amide bonds. The Labute approximate surface area is 492 Å². The zero-order valence-corrected chi connectivity index (χ0v) is 53.2. The van der Waals surface area contributed by atoms with E-state index in [1.54, 1.807) is 0 Å². The summed E-state index contributed by atoms with van der Waals surface area (Å²) in [5, 5.41) is 0. The smallest absolute Gasteiger partial charge is 0.306 e. The van der Waals surface area contributed by atoms with E-state index in [2.05, 4.69) is 69.4 Å². The van der Waals surface area contributed by atoms with Crippen molar-refractivity contribution in [3.05, 3.63) is 48.6 Å². The van der Waals surface area contributed by atoms with E-state index in [1.807, 2.05) is 0 Å². The predicted molar refractivity (Wildman–Crippen MR) is 344 cm³/mol. The minimum absolute atomic E-state index is 0.0691. The third-order valence-electron chi connectivity index (χ3n) is 15.8. The third kappa shape index (κ3) is 66.1. The summed E-state index contributed by atoms with van der Waals surface area (Å²) in [4.78, 5) is 38.2. The van der Waals surface area contributed by atoms with Crippen LogP contribution in [0.1, 0.15) is 380 Å². The molecule has 0 bridgehead atoms. The van der Waals surface area contributed by atoms with Gasteiger partial charge in [-0.05, 0) is 83.5 Å². The molecule has 0 rings (SSSR count). The monoisotopic (exact) mass is 1110 g/mol. The minimum atomic E-state index is -0.770. The van der Waals surface area contributed by atoms with Crippen LogP contribution in [0.5, 0.6) is 0 Å². The Morgan fingerprint density at radius 3 is 0.696 bits per heavy atom. The highest BCUT2D eigenvalue weighted by Crippen LogP contribution is 2.18. The van der Waals surface area contributed by atoms with Gasteiger partial charge >= 0.3 is 17.9 Å². The molecule has 0 N–H and O–H groups in total. The van der Waals surface area contributed by atoms with E-state index >= 15 is 0 Å². The summed E-state index contributed by atoms with van der Waals surface area (Å²) in [5.74, 6) is -0.855. The molecule has 1 atom stereocenters. The molecule has 0 aromatic rings. The Hall–Kier alpha value is -2.63. The van der Waals surface area contributed by atoms with Gasteiger partial charge in [0.1, 0.15) is 13.2 Å². The zero-order chi connectivity index (χ0) is 57.1. The van der Waals surface area contributed by atoms with Crippen LogP contribution >= 0.6 is 0 Å². The molecule has 0 fully saturated rings. The SMILES string of the molecule is CCCCCCC/C=C\C/C=C\CCCCCCCCCCCCCCCCCCCCCC(=O)OCC(COC(=O)CCCCCCCCC)OC(=O)CCCCCCCCCCCCC/C=C\C/C=C\CCCCCCC. The molecule has 0 saturated carbocycles. The van der Waals surface area contributed by atoms with Crippen LogP contribution in [0.3, 0.4) is 0 Å². The van der Waals surface area contributed by atoms with Crippen molar-refractivity contribution >= 4 is 17.9 Å². The van der Waals surface area contributed by atoms with E-state index in [4.69, 9.17) is 14.2 Å². The predicted octanol–water partition coefficient (Wildman–Crippen LogP) is 24.1. The average molecular weight is 1110 g/mol. The molecule has 0 aliphatic rings. The molecule has 0 aliphatic carbocycles. The first-order valence-corrected chi connectivity index (χ1v) is 35.1. The van der Waals surface area contributed by atoms with Crippen LogP contribution in [0.2, 0.25) is 0 Å². The summed E-state index contributed by atoms with van der Waals surface area (Å²) < 4.78 is 16.9. The molecular formula is C73H134O6. The maximum Gasteiger partial charge on any atom is 0.306 e. The standard InChI is InChI=1S/C73H134O6/c1-4-7-10-13-16-18-20-22-24-26-28-30-32-33-34-35-36-37-38-39-41-42-44-46-48-50-52-54-57-60-63-66-72(75)78-69-70(68-77-71(74)65-62-59-56-15-12-9-6-3)79-73(76)67-64-61-58-55-53-51-49-47-45-43-40-31-29-27-25-23-21-19-17-14-11-8-5-2/h20-23,26-29,70H,4-19,24-25,30-69H2,1-3H3/b22-20-,23-21-,28-26-,29-27-. The molecule has 1 unspecified atom stereocenters. The number of hydrogen-bond donors (Lipinski definition) is 0. The largest absolute Gasteiger partial charge is 0.462 e. The van der Waals surface area contributed by atoms with E-state index in [0.29, 0.717) is 19.3 Å². The number of esters is 3. The molecule has 0 heterocycles. The Bertz CT molecular complexity index is 1360. The summed E-state index contributed by atoms with van der Waals surface area (Å²) in [6, 6.07) is 0. The molecule has 6 nitrogen and oxygen atoms in total. The molecule has 0 spiro atoms. The Balaban J connectivity index is 4.02. The number of carbonyl (C=O) groups is 3. The van der Waals surface area contributed by atoms with E-state index in [1.165, 1.54) is 270 Å². The van der Waals surface area contributed by atoms with Crippen LogP contribution in [0.15, 0.2) is 48.6 Å². The van der Waals surface area contributed by atoms with Crippen LogP contribution < -0.4 is 0 Å². The van der Waals surface area contributed by atoms with Gasteiger partial charge in [0.05, 0.1) is 0 Å². The molecular weight excluding hydrogens is 973 g/mol. The van der Waals surface area contributed by atoms with Crippen LogP contribution in [0.25, 0.3) is 0 Å². The molecule has 0 radical (unpaired) electrons. The molecule has 79 heavy (non-hydrogen) atoms. The Kier molecular flexibility index (Phi) is 65.6. The van der Waals surface area contributed by atoms with E-state index in [0.717, 1.165) is 70.6 Å². The fourth-order valence-electron chi connectivity index (χ4n) is 10.5. The van der Waals surface area contributed by atoms with Gasteiger partial charge in [0.15, 0.2) is 6.10 Å². The summed E-state index contributed by atoms with van der Waals surface area (Å²) in [6.07, 6.45) is 86.0. The lowest BCUT2D eigenvalue weighted by molar-refractivity contribution is -0.167. The lowest BCUT2D eigenvalue weighted by Crippen LogP contribution is -2.30. The van der Waals surface area contributed by atoms with Crippen LogP contribution in [-0.2, 0) is 28.6 Å². The van der Waals surface area contributed by atoms with Crippen molar-refractivity contribution in [1.29, 1.82) is 0 Å². The number of ether oxygens (including phenoxy) is 3. The van der Waals surface area contributed by atoms with Gasteiger partial charge in [0.2, 0.25) is 0 Å². The molecule has 0 aromatic heterocycles. The first kappa shape index (κ1) is 76.4. The lowest BCUT2D eigenvalue weighted by Gasteiger charge is -2.18. The molecule has 0 saturated heterocycles. The van der Waals surface area contributed by atoms with Gasteiger partial charge in [0.25, 0.3) is 0 Å². The third-order valence-corrected chi connectivity index (χ3v) is 15.8. The van der Waals surface area contributed by atoms with Gasteiger partial charge in [-0.25, -0.2) is 0 Å². The van der Waals surface area contributed by atoms with Crippen LogP contribution in [0, 0.1) is 0 Å². The van der Waals surface area contributed by atoms with Crippen LogP contribution in [0.4, 0.5) is 0 Å². The van der Waals surface area contributed by atoms with Crippen molar-refractivity contribution in [2.45, 2.75) is 386 Å². The van der Waals surface area contributed by atoms with Crippen molar-refractivity contribution in [3.63, 3.8) is 0 Å². The highest BCUT2D eigenvalue weighted by atomic mass is 16.6. The lowest BCUT2D eigenvalue weighted by atomic mass is 10.0. The fraction of sp³-hybridized carbons (Fsp3) is 0.849. The molecule has 6 heteroatoms. The summed E-state index contributed by atoms with van der Waals surface area (Å²) >= 11 is 0. The zero-order valence-electron chi connectivity index (χ0n) is 53.2. The second-order valence-electron chi connectivity index (χ2n) is 23.8. The van der Waals surface area contributed by atoms with E-state index < -0.39 is 6.10 Å². The van der Waals surface area contributed by atoms with Gasteiger partial charge in [-0.2, -0.15) is 0 Å². The minimum Gasteiger partial charge on any atom is -0.462 e. The number of unbranched alkanes of at least 4 members (excludes halogenated alkanes) is 46. The number of hydrogen-bond acceptors (Lipinski definition) is 6. The normalized spacial score (nSPS) is 12.3. The Morgan fingerprint density at radius 2 is 0.456 bits per heavy atom. The van der Waals surface area contributed by atoms with Gasteiger partial charge in [-0.1, -0.05) is 326 Å². The van der Waals surface area contributed by atoms with Crippen molar-refractivity contribution in [3.8, 4) is 0 Å². The van der Waals surface area contributed by atoms with E-state index in [9.17, 15) is 14.4 Å². The molecule has 0 aliphatic heterocycles. The molecule has 0 aromatic carbocycles. The van der Waals surface area contributed by atoms with Gasteiger partial charge in [0, 0.05) is 19.3 Å². The van der Waals surface area contributed by atoms with Gasteiger partial charge < -0.3 is 14.2 Å². The summed E-state index contributed by atoms with van der Waals surface area (Å²) in [7, 11) is 0. The maximum absolute atomic E-state index is 12.9. The van der Waals surface area contributed by atoms with Gasteiger partial charge in [-0.3, -0.25) is 14.4 Å². The fourth-order valence-corrected chi connectivity index (χ4v) is 10.5. The van der Waals surface area contributed by atoms with Crippen LogP contribution in [-0.4, -0.2) is 37.2 Å². The quantitative estimate of drug-likeness (QED) is 0.0261. The van der Waals surface area contributed by atoms with E-state index in [-0.39, 0.29) is 31.1 Å². The number of allylic oxidation sites excluding steroid dienone is 8. The van der Waals surface area contributed by atoms with Gasteiger partial charge in [-0.15, -0.1) is 0 Å². The van der Waals surface area contributed by atoms with Crippen molar-refractivity contribution in [2.24, 2.45) is 0 Å². The second kappa shape index (κ2) is 67.9. The van der Waals surface area contributed by atoms with Crippen molar-refractivity contribution in [1.82, 2.24) is 0 Å². The first-order valence-electron chi connectivity index (χ1n) is 35.1. The highest BCUT2D eigenvalue weighted by Gasteiger charge is 2.19. The topological polar surface area (TPSA) is 78.9 Å². The van der Waals surface area contributed by atoms with Crippen molar-refractivity contribution in [2.75, 3.05) is 13.2 Å². The highest BCUT2D eigenvalue weighted by molar-refractivity contribution is 5.71. The second-order valence-corrected chi connectivity index (χ2v) is 23.8. The summed E-state index contributed by atoms with van der Waals surface area (Å²) in [6.45, 7) is 6.63. The van der Waals surface area contributed by atoms with Crippen molar-refractivity contribution < 1.29 is 28.6 Å². The Morgan fingerprint density at radius 1 is 0.253 bits per heavy atom. The average Bonchev–Trinajstić information content (AvgIpc) is 3.45.